The number of nitrogens with zero attached hydrogens (tertiary/aromatic N) is 2. The highest BCUT2D eigenvalue weighted by atomic mass is 16.2. The molecule has 0 saturated heterocycles. The number of amides is 1. The van der Waals surface area contributed by atoms with E-state index in [9.17, 15) is 4.79 Å². The minimum Gasteiger partial charge on any atom is -0.343 e. The Balaban J connectivity index is 1.53. The summed E-state index contributed by atoms with van der Waals surface area (Å²) in [6.45, 7) is 9.33. The molecule has 29 heavy (non-hydrogen) atoms. The summed E-state index contributed by atoms with van der Waals surface area (Å²) < 4.78 is 0. The van der Waals surface area contributed by atoms with Gasteiger partial charge in [0.15, 0.2) is 0 Å². The highest BCUT2D eigenvalue weighted by molar-refractivity contribution is 5.73. The van der Waals surface area contributed by atoms with Crippen LogP contribution in [0.25, 0.3) is 0 Å². The Morgan fingerprint density at radius 2 is 1.55 bits per heavy atom. The molecule has 1 amide bonds. The Labute approximate surface area is 180 Å². The molecule has 4 aliphatic carbocycles. The van der Waals surface area contributed by atoms with E-state index in [4.69, 9.17) is 0 Å². The van der Waals surface area contributed by atoms with E-state index in [0.29, 0.717) is 22.8 Å². The molecule has 0 bridgehead atoms. The molecule has 4 rings (SSSR count). The second-order valence-electron chi connectivity index (χ2n) is 12.1. The quantitative estimate of drug-likeness (QED) is 0.627. The van der Waals surface area contributed by atoms with Crippen molar-refractivity contribution in [3.05, 3.63) is 0 Å². The fraction of sp³-hybridized carbons (Fsp3) is 0.962. The van der Waals surface area contributed by atoms with E-state index in [2.05, 4.69) is 39.8 Å². The number of hydrogen-bond donors (Lipinski definition) is 0. The van der Waals surface area contributed by atoms with Gasteiger partial charge >= 0.3 is 0 Å². The molecule has 0 N–H and O–H groups in total. The highest BCUT2D eigenvalue weighted by Gasteiger charge is 2.61. The summed E-state index contributed by atoms with van der Waals surface area (Å²) in [4.78, 5) is 16.5. The van der Waals surface area contributed by atoms with Gasteiger partial charge in [0.25, 0.3) is 0 Å². The van der Waals surface area contributed by atoms with Gasteiger partial charge in [0.2, 0.25) is 5.91 Å². The van der Waals surface area contributed by atoms with Crippen molar-refractivity contribution < 1.29 is 4.79 Å². The molecule has 0 aromatic carbocycles. The molecule has 0 radical (unpaired) electrons. The first kappa shape index (κ1) is 21.7. The maximum atomic E-state index is 12.0. The van der Waals surface area contributed by atoms with Crippen molar-refractivity contribution in [3.63, 3.8) is 0 Å². The number of carbonyl (C=O) groups excluding carboxylic acids is 1. The smallest absolute Gasteiger partial charge is 0.219 e. The summed E-state index contributed by atoms with van der Waals surface area (Å²) in [6.07, 6.45) is 12.7. The van der Waals surface area contributed by atoms with Crippen molar-refractivity contribution in [1.82, 2.24) is 9.80 Å². The first-order valence-corrected chi connectivity index (χ1v) is 12.5. The van der Waals surface area contributed by atoms with Gasteiger partial charge in [-0.15, -0.1) is 0 Å². The van der Waals surface area contributed by atoms with E-state index in [1.807, 2.05) is 11.9 Å². The molecule has 0 heterocycles. The number of hydrogen-bond acceptors (Lipinski definition) is 2. The minimum absolute atomic E-state index is 0.226. The Hall–Kier alpha value is -0.570. The third kappa shape index (κ3) is 3.29. The number of rotatable bonds is 3. The van der Waals surface area contributed by atoms with Gasteiger partial charge in [-0.05, 0) is 119 Å². The zero-order chi connectivity index (χ0) is 21.1. The van der Waals surface area contributed by atoms with Crippen LogP contribution in [0, 0.1) is 40.4 Å². The molecule has 0 aromatic heterocycles. The predicted molar refractivity (Wildman–Crippen MR) is 121 cm³/mol. The zero-order valence-corrected chi connectivity index (χ0v) is 20.2. The van der Waals surface area contributed by atoms with Crippen molar-refractivity contribution in [2.45, 2.75) is 97.6 Å². The van der Waals surface area contributed by atoms with Crippen molar-refractivity contribution in [2.75, 3.05) is 21.1 Å². The lowest BCUT2D eigenvalue weighted by atomic mass is 9.44. The predicted octanol–water partition coefficient (Wildman–Crippen LogP) is 5.44. The van der Waals surface area contributed by atoms with E-state index < -0.39 is 0 Å². The third-order valence-electron chi connectivity index (χ3n) is 11.1. The minimum atomic E-state index is 0.226. The Morgan fingerprint density at radius 3 is 2.21 bits per heavy atom. The molecule has 4 aliphatic rings. The lowest BCUT2D eigenvalue weighted by molar-refractivity contribution is -0.135. The highest BCUT2D eigenvalue weighted by Crippen LogP contribution is 2.68. The monoisotopic (exact) mass is 402 g/mol. The van der Waals surface area contributed by atoms with Crippen LogP contribution in [0.5, 0.6) is 0 Å². The van der Waals surface area contributed by atoms with Gasteiger partial charge in [0, 0.05) is 26.1 Å². The fourth-order valence-corrected chi connectivity index (χ4v) is 9.09. The Bertz CT molecular complexity index is 632. The maximum Gasteiger partial charge on any atom is 0.219 e. The van der Waals surface area contributed by atoms with E-state index in [-0.39, 0.29) is 5.91 Å². The molecular weight excluding hydrogens is 356 g/mol. The summed E-state index contributed by atoms with van der Waals surface area (Å²) in [7, 11) is 6.58. The van der Waals surface area contributed by atoms with E-state index >= 15 is 0 Å². The van der Waals surface area contributed by atoms with Gasteiger partial charge in [-0.25, -0.2) is 0 Å². The Kier molecular flexibility index (Phi) is 5.63. The van der Waals surface area contributed by atoms with Gasteiger partial charge in [0.1, 0.15) is 0 Å². The van der Waals surface area contributed by atoms with Crippen molar-refractivity contribution >= 4 is 5.91 Å². The number of fused-ring (bicyclic) bond motifs is 5. The van der Waals surface area contributed by atoms with Crippen LogP contribution >= 0.6 is 0 Å². The summed E-state index contributed by atoms with van der Waals surface area (Å²) >= 11 is 0. The largest absolute Gasteiger partial charge is 0.343 e. The van der Waals surface area contributed by atoms with E-state index in [1.54, 1.807) is 6.92 Å². The van der Waals surface area contributed by atoms with Crippen LogP contribution in [0.3, 0.4) is 0 Å². The molecular formula is C26H46N2O. The normalized spacial score (nSPS) is 47.9. The van der Waals surface area contributed by atoms with Gasteiger partial charge in [0.05, 0.1) is 0 Å². The molecule has 9 unspecified atom stereocenters. The molecule has 3 nitrogen and oxygen atoms in total. The van der Waals surface area contributed by atoms with Crippen molar-refractivity contribution in [2.24, 2.45) is 40.4 Å². The molecule has 4 fully saturated rings. The topological polar surface area (TPSA) is 23.6 Å². The van der Waals surface area contributed by atoms with Crippen LogP contribution in [0.15, 0.2) is 0 Å². The first-order valence-electron chi connectivity index (χ1n) is 12.5. The SMILES string of the molecule is CC(=O)N(C)C(C)C1CCC2C3CCC4CC(N(C)C)CCC4(C)C3CCC21C. The van der Waals surface area contributed by atoms with Crippen LogP contribution in [-0.2, 0) is 4.79 Å². The molecule has 4 saturated carbocycles. The molecule has 166 valence electrons. The average molecular weight is 403 g/mol. The standard InChI is InChI=1S/C26H46N2O/c1-17(28(7)18(2)29)22-10-11-23-21-9-8-19-16-20(27(5)6)12-14-25(19,3)24(21)13-15-26(22,23)4/h17,19-24H,8-16H2,1-7H3. The van der Waals surface area contributed by atoms with Crippen molar-refractivity contribution in [1.29, 1.82) is 0 Å². The zero-order valence-electron chi connectivity index (χ0n) is 20.2. The van der Waals surface area contributed by atoms with Gasteiger partial charge in [-0.2, -0.15) is 0 Å². The maximum absolute atomic E-state index is 12.0. The van der Waals surface area contributed by atoms with Gasteiger partial charge in [-0.1, -0.05) is 13.8 Å². The van der Waals surface area contributed by atoms with Crippen LogP contribution in [0.1, 0.15) is 85.5 Å². The summed E-state index contributed by atoms with van der Waals surface area (Å²) in [5, 5.41) is 0. The molecule has 0 spiro atoms. The second-order valence-corrected chi connectivity index (χ2v) is 12.1. The number of carbonyl (C=O) groups is 1. The second kappa shape index (κ2) is 7.53. The summed E-state index contributed by atoms with van der Waals surface area (Å²) in [5.74, 6) is 4.61. The fourth-order valence-electron chi connectivity index (χ4n) is 9.09. The van der Waals surface area contributed by atoms with Crippen LogP contribution in [0.4, 0.5) is 0 Å². The van der Waals surface area contributed by atoms with Crippen LogP contribution < -0.4 is 0 Å². The van der Waals surface area contributed by atoms with E-state index in [0.717, 1.165) is 29.7 Å². The summed E-state index contributed by atoms with van der Waals surface area (Å²) in [6, 6.07) is 1.18. The lowest BCUT2D eigenvalue weighted by Crippen LogP contribution is -2.56. The lowest BCUT2D eigenvalue weighted by Gasteiger charge is -2.62. The summed E-state index contributed by atoms with van der Waals surface area (Å²) in [5.41, 5.74) is 1.02. The molecule has 3 heteroatoms. The average Bonchev–Trinajstić information content (AvgIpc) is 3.03. The van der Waals surface area contributed by atoms with Gasteiger partial charge in [-0.3, -0.25) is 4.79 Å². The van der Waals surface area contributed by atoms with Crippen LogP contribution in [-0.4, -0.2) is 48.9 Å². The van der Waals surface area contributed by atoms with Gasteiger partial charge < -0.3 is 9.80 Å². The molecule has 0 aromatic rings. The van der Waals surface area contributed by atoms with Crippen molar-refractivity contribution in [3.8, 4) is 0 Å². The van der Waals surface area contributed by atoms with E-state index in [1.165, 1.54) is 57.8 Å². The third-order valence-corrected chi connectivity index (χ3v) is 11.1. The first-order chi connectivity index (χ1) is 13.6. The Morgan fingerprint density at radius 1 is 0.897 bits per heavy atom. The molecule has 0 aliphatic heterocycles. The van der Waals surface area contributed by atoms with Crippen LogP contribution in [0.2, 0.25) is 0 Å². The molecule has 9 atom stereocenters.